The summed E-state index contributed by atoms with van der Waals surface area (Å²) in [5.41, 5.74) is 1.90. The summed E-state index contributed by atoms with van der Waals surface area (Å²) in [7, 11) is 1.68. The van der Waals surface area contributed by atoms with Crippen LogP contribution in [-0.2, 0) is 13.0 Å². The first-order valence-electron chi connectivity index (χ1n) is 7.11. The number of benzene rings is 2. The second-order valence-electron chi connectivity index (χ2n) is 4.86. The molecule has 0 bridgehead atoms. The van der Waals surface area contributed by atoms with Crippen LogP contribution in [0.1, 0.15) is 11.1 Å². The van der Waals surface area contributed by atoms with Crippen LogP contribution in [0.2, 0.25) is 0 Å². The van der Waals surface area contributed by atoms with Gasteiger partial charge in [0, 0.05) is 20.1 Å². The summed E-state index contributed by atoms with van der Waals surface area (Å²) >= 11 is 0. The van der Waals surface area contributed by atoms with E-state index >= 15 is 0 Å². The van der Waals surface area contributed by atoms with Crippen LogP contribution in [0.25, 0.3) is 0 Å². The standard InChI is InChI=1S/C17H19F2N3.HI/c1-20-17(22-12-14-5-7-15(18)8-6-14)21-10-9-13-3-2-4-16(19)11-13;/h2-8,11H,9-10,12H2,1H3,(H2,20,21,22);1H. The minimum atomic E-state index is -0.249. The molecule has 0 aliphatic carbocycles. The molecule has 2 N–H and O–H groups in total. The highest BCUT2D eigenvalue weighted by molar-refractivity contribution is 14.0. The van der Waals surface area contributed by atoms with Crippen molar-refractivity contribution in [2.75, 3.05) is 13.6 Å². The van der Waals surface area contributed by atoms with E-state index in [0.29, 0.717) is 25.5 Å². The van der Waals surface area contributed by atoms with E-state index in [9.17, 15) is 8.78 Å². The molecular weight excluding hydrogens is 411 g/mol. The van der Waals surface area contributed by atoms with Gasteiger partial charge in [0.25, 0.3) is 0 Å². The van der Waals surface area contributed by atoms with Crippen molar-refractivity contribution in [2.24, 2.45) is 4.99 Å². The zero-order valence-corrected chi connectivity index (χ0v) is 15.2. The molecule has 0 spiro atoms. The van der Waals surface area contributed by atoms with Gasteiger partial charge in [-0.2, -0.15) is 0 Å². The minimum Gasteiger partial charge on any atom is -0.356 e. The lowest BCUT2D eigenvalue weighted by atomic mass is 10.1. The molecule has 0 aliphatic rings. The average Bonchev–Trinajstić information content (AvgIpc) is 2.52. The highest BCUT2D eigenvalue weighted by Gasteiger charge is 2.00. The molecule has 2 aromatic carbocycles. The minimum absolute atomic E-state index is 0. The first-order chi connectivity index (χ1) is 10.7. The van der Waals surface area contributed by atoms with Crippen LogP contribution in [0.15, 0.2) is 53.5 Å². The molecule has 0 heterocycles. The van der Waals surface area contributed by atoms with Crippen LogP contribution in [0.3, 0.4) is 0 Å². The predicted molar refractivity (Wildman–Crippen MR) is 100 cm³/mol. The van der Waals surface area contributed by atoms with Crippen molar-refractivity contribution in [3.8, 4) is 0 Å². The molecule has 2 rings (SSSR count). The van der Waals surface area contributed by atoms with Gasteiger partial charge in [-0.25, -0.2) is 8.78 Å². The Labute approximate surface area is 152 Å². The topological polar surface area (TPSA) is 36.4 Å². The van der Waals surface area contributed by atoms with Crippen LogP contribution < -0.4 is 10.6 Å². The van der Waals surface area contributed by atoms with E-state index in [0.717, 1.165) is 11.1 Å². The summed E-state index contributed by atoms with van der Waals surface area (Å²) in [6, 6.07) is 12.8. The van der Waals surface area contributed by atoms with Gasteiger partial charge < -0.3 is 10.6 Å². The van der Waals surface area contributed by atoms with Gasteiger partial charge >= 0.3 is 0 Å². The molecule has 0 fully saturated rings. The zero-order chi connectivity index (χ0) is 15.8. The van der Waals surface area contributed by atoms with E-state index in [2.05, 4.69) is 15.6 Å². The summed E-state index contributed by atoms with van der Waals surface area (Å²) in [5.74, 6) is 0.179. The van der Waals surface area contributed by atoms with Gasteiger partial charge in [-0.15, -0.1) is 24.0 Å². The summed E-state index contributed by atoms with van der Waals surface area (Å²) in [6.07, 6.45) is 0.703. The predicted octanol–water partition coefficient (Wildman–Crippen LogP) is 3.49. The quantitative estimate of drug-likeness (QED) is 0.432. The highest BCUT2D eigenvalue weighted by Crippen LogP contribution is 2.04. The Hall–Kier alpha value is -1.70. The van der Waals surface area contributed by atoms with E-state index in [1.165, 1.54) is 24.3 Å². The Morgan fingerprint density at radius 2 is 1.70 bits per heavy atom. The third-order valence-electron chi connectivity index (χ3n) is 3.19. The van der Waals surface area contributed by atoms with Crippen LogP contribution in [0.5, 0.6) is 0 Å². The zero-order valence-electron chi connectivity index (χ0n) is 12.9. The third kappa shape index (κ3) is 6.94. The van der Waals surface area contributed by atoms with Gasteiger partial charge in [0.05, 0.1) is 0 Å². The average molecular weight is 431 g/mol. The van der Waals surface area contributed by atoms with Crippen LogP contribution in [0, 0.1) is 11.6 Å². The molecule has 0 amide bonds. The first kappa shape index (κ1) is 19.3. The molecule has 0 saturated heterocycles. The van der Waals surface area contributed by atoms with E-state index in [1.807, 2.05) is 6.07 Å². The lowest BCUT2D eigenvalue weighted by molar-refractivity contribution is 0.625. The summed E-state index contributed by atoms with van der Waals surface area (Å²) < 4.78 is 25.9. The number of guanidine groups is 1. The smallest absolute Gasteiger partial charge is 0.191 e. The number of rotatable bonds is 5. The Morgan fingerprint density at radius 3 is 2.35 bits per heavy atom. The first-order valence-corrected chi connectivity index (χ1v) is 7.11. The molecule has 3 nitrogen and oxygen atoms in total. The largest absolute Gasteiger partial charge is 0.356 e. The summed E-state index contributed by atoms with van der Waals surface area (Å²) in [4.78, 5) is 4.12. The molecule has 0 aromatic heterocycles. The number of hydrogen-bond acceptors (Lipinski definition) is 1. The Balaban J connectivity index is 0.00000264. The molecule has 23 heavy (non-hydrogen) atoms. The summed E-state index contributed by atoms with van der Waals surface area (Å²) in [6.45, 7) is 1.20. The fraction of sp³-hybridized carbons (Fsp3) is 0.235. The van der Waals surface area contributed by atoms with Gasteiger partial charge in [0.2, 0.25) is 0 Å². The van der Waals surface area contributed by atoms with E-state index < -0.39 is 0 Å². The second-order valence-corrected chi connectivity index (χ2v) is 4.86. The fourth-order valence-corrected chi connectivity index (χ4v) is 2.03. The van der Waals surface area contributed by atoms with Crippen molar-refractivity contribution in [1.82, 2.24) is 10.6 Å². The van der Waals surface area contributed by atoms with Gasteiger partial charge in [-0.05, 0) is 41.8 Å². The van der Waals surface area contributed by atoms with Gasteiger partial charge in [0.15, 0.2) is 5.96 Å². The number of nitrogens with one attached hydrogen (secondary N) is 2. The molecule has 0 unspecified atom stereocenters. The third-order valence-corrected chi connectivity index (χ3v) is 3.19. The van der Waals surface area contributed by atoms with Crippen molar-refractivity contribution in [1.29, 1.82) is 0 Å². The molecule has 0 saturated carbocycles. The maximum Gasteiger partial charge on any atom is 0.191 e. The summed E-state index contributed by atoms with van der Waals surface area (Å²) in [5, 5.41) is 6.31. The maximum atomic E-state index is 13.1. The van der Waals surface area contributed by atoms with Crippen LogP contribution in [-0.4, -0.2) is 19.6 Å². The van der Waals surface area contributed by atoms with Crippen molar-refractivity contribution in [3.05, 3.63) is 71.3 Å². The van der Waals surface area contributed by atoms with E-state index in [1.54, 1.807) is 25.2 Å². The molecule has 0 radical (unpaired) electrons. The number of nitrogens with zero attached hydrogens (tertiary/aromatic N) is 1. The van der Waals surface area contributed by atoms with E-state index in [-0.39, 0.29) is 35.6 Å². The number of hydrogen-bond donors (Lipinski definition) is 2. The normalized spacial score (nSPS) is 10.8. The Bertz CT molecular complexity index is 630. The van der Waals surface area contributed by atoms with Crippen molar-refractivity contribution in [2.45, 2.75) is 13.0 Å². The highest BCUT2D eigenvalue weighted by atomic mass is 127. The molecular formula is C17H20F2IN3. The van der Waals surface area contributed by atoms with Gasteiger partial charge in [-0.3, -0.25) is 4.99 Å². The SMILES string of the molecule is CN=C(NCCc1cccc(F)c1)NCc1ccc(F)cc1.I. The number of halogens is 3. The monoisotopic (exact) mass is 431 g/mol. The van der Waals surface area contributed by atoms with Crippen molar-refractivity contribution < 1.29 is 8.78 Å². The Morgan fingerprint density at radius 1 is 0.957 bits per heavy atom. The fourth-order valence-electron chi connectivity index (χ4n) is 2.03. The maximum absolute atomic E-state index is 13.1. The Kier molecular flexibility index (Phi) is 8.53. The van der Waals surface area contributed by atoms with Crippen LogP contribution in [0.4, 0.5) is 8.78 Å². The second kappa shape index (κ2) is 10.1. The molecule has 0 atom stereocenters. The molecule has 2 aromatic rings. The van der Waals surface area contributed by atoms with Crippen molar-refractivity contribution >= 4 is 29.9 Å². The lowest BCUT2D eigenvalue weighted by Crippen LogP contribution is -2.37. The molecule has 124 valence electrons. The van der Waals surface area contributed by atoms with Gasteiger partial charge in [0.1, 0.15) is 11.6 Å². The molecule has 6 heteroatoms. The van der Waals surface area contributed by atoms with Gasteiger partial charge in [-0.1, -0.05) is 24.3 Å². The van der Waals surface area contributed by atoms with Crippen molar-refractivity contribution in [3.63, 3.8) is 0 Å². The number of aliphatic imine (C=N–C) groups is 1. The van der Waals surface area contributed by atoms with E-state index in [4.69, 9.17) is 0 Å². The van der Waals surface area contributed by atoms with Crippen LogP contribution >= 0.6 is 24.0 Å². The lowest BCUT2D eigenvalue weighted by Gasteiger charge is -2.12. The molecule has 0 aliphatic heterocycles.